The summed E-state index contributed by atoms with van der Waals surface area (Å²) in [6.07, 6.45) is 3.30. The van der Waals surface area contributed by atoms with Gasteiger partial charge in [0.1, 0.15) is 11.5 Å². The molecule has 0 aromatic carbocycles. The molecule has 4 heteroatoms. The molecule has 0 saturated heterocycles. The van der Waals surface area contributed by atoms with Crippen molar-refractivity contribution < 1.29 is 9.18 Å². The maximum atomic E-state index is 13.5. The van der Waals surface area contributed by atoms with E-state index in [1.807, 2.05) is 0 Å². The number of pyridine rings is 2. The van der Waals surface area contributed by atoms with Gasteiger partial charge in [-0.1, -0.05) is 6.07 Å². The number of hydrogen-bond acceptors (Lipinski definition) is 3. The molecule has 2 aromatic rings. The second-order valence-corrected chi connectivity index (χ2v) is 3.40. The number of hydrogen-bond donors (Lipinski definition) is 0. The van der Waals surface area contributed by atoms with E-state index in [0.717, 1.165) is 5.69 Å². The Labute approximate surface area is 92.0 Å². The third-order valence-electron chi connectivity index (χ3n) is 2.21. The van der Waals surface area contributed by atoms with Gasteiger partial charge in [0.2, 0.25) is 0 Å². The lowest BCUT2D eigenvalue weighted by molar-refractivity contribution is 0.111. The van der Waals surface area contributed by atoms with Crippen molar-refractivity contribution >= 4 is 6.29 Å². The molecule has 0 fully saturated rings. The summed E-state index contributed by atoms with van der Waals surface area (Å²) in [4.78, 5) is 18.2. The van der Waals surface area contributed by atoms with Gasteiger partial charge in [-0.2, -0.15) is 0 Å². The standard InChI is InChI=1S/C12H9FN2O/c1-8-4-11(12(13)6-14-8)9-2-3-10(7-16)15-5-9/h2-7H,1H3. The predicted octanol–water partition coefficient (Wildman–Crippen LogP) is 2.40. The Morgan fingerprint density at radius 1 is 1.25 bits per heavy atom. The zero-order valence-corrected chi connectivity index (χ0v) is 8.64. The molecule has 2 aromatic heterocycles. The smallest absolute Gasteiger partial charge is 0.168 e. The molecule has 0 aliphatic rings. The normalized spacial score (nSPS) is 10.1. The highest BCUT2D eigenvalue weighted by Crippen LogP contribution is 2.21. The van der Waals surface area contributed by atoms with Crippen molar-refractivity contribution in [2.45, 2.75) is 6.92 Å². The van der Waals surface area contributed by atoms with Crippen LogP contribution >= 0.6 is 0 Å². The molecule has 0 aliphatic carbocycles. The van der Waals surface area contributed by atoms with Gasteiger partial charge < -0.3 is 0 Å². The number of carbonyl (C=O) groups is 1. The van der Waals surface area contributed by atoms with E-state index in [-0.39, 0.29) is 0 Å². The molecule has 2 rings (SSSR count). The third kappa shape index (κ3) is 1.95. The monoisotopic (exact) mass is 216 g/mol. The molecule has 16 heavy (non-hydrogen) atoms. The fourth-order valence-electron chi connectivity index (χ4n) is 1.40. The molecule has 0 aliphatic heterocycles. The number of nitrogens with zero attached hydrogens (tertiary/aromatic N) is 2. The van der Waals surface area contributed by atoms with Crippen LogP contribution in [0, 0.1) is 12.7 Å². The van der Waals surface area contributed by atoms with Gasteiger partial charge in [-0.15, -0.1) is 0 Å². The summed E-state index contributed by atoms with van der Waals surface area (Å²) in [6, 6.07) is 4.86. The van der Waals surface area contributed by atoms with Crippen LogP contribution in [0.5, 0.6) is 0 Å². The van der Waals surface area contributed by atoms with E-state index in [2.05, 4.69) is 9.97 Å². The Kier molecular flexibility index (Phi) is 2.72. The largest absolute Gasteiger partial charge is 0.296 e. The molecule has 0 spiro atoms. The Morgan fingerprint density at radius 3 is 2.69 bits per heavy atom. The van der Waals surface area contributed by atoms with Crippen molar-refractivity contribution in [2.24, 2.45) is 0 Å². The van der Waals surface area contributed by atoms with Crippen LogP contribution < -0.4 is 0 Å². The summed E-state index contributed by atoms with van der Waals surface area (Å²) in [6.45, 7) is 1.79. The SMILES string of the molecule is Cc1cc(-c2ccc(C=O)nc2)c(F)cn1. The first-order chi connectivity index (χ1) is 7.70. The molecule has 0 bridgehead atoms. The molecule has 3 nitrogen and oxygen atoms in total. The first-order valence-corrected chi connectivity index (χ1v) is 4.74. The second kappa shape index (κ2) is 4.18. The molecule has 0 atom stereocenters. The van der Waals surface area contributed by atoms with Crippen LogP contribution in [0.15, 0.2) is 30.6 Å². The van der Waals surface area contributed by atoms with Gasteiger partial charge >= 0.3 is 0 Å². The number of aldehydes is 1. The van der Waals surface area contributed by atoms with Gasteiger partial charge in [0.25, 0.3) is 0 Å². The van der Waals surface area contributed by atoms with Crippen LogP contribution in [0.1, 0.15) is 16.2 Å². The molecule has 80 valence electrons. The minimum Gasteiger partial charge on any atom is -0.296 e. The van der Waals surface area contributed by atoms with Crippen molar-refractivity contribution in [1.82, 2.24) is 9.97 Å². The van der Waals surface area contributed by atoms with Crippen LogP contribution in [0.2, 0.25) is 0 Å². The van der Waals surface area contributed by atoms with Crippen molar-refractivity contribution in [3.63, 3.8) is 0 Å². The molecule has 2 heterocycles. The van der Waals surface area contributed by atoms with Crippen LogP contribution in [0.25, 0.3) is 11.1 Å². The van der Waals surface area contributed by atoms with Gasteiger partial charge in [-0.3, -0.25) is 14.8 Å². The van der Waals surface area contributed by atoms with E-state index in [9.17, 15) is 9.18 Å². The maximum absolute atomic E-state index is 13.5. The second-order valence-electron chi connectivity index (χ2n) is 3.40. The number of aromatic nitrogens is 2. The number of halogens is 1. The minimum absolute atomic E-state index is 0.329. The number of carbonyl (C=O) groups excluding carboxylic acids is 1. The lowest BCUT2D eigenvalue weighted by atomic mass is 10.1. The van der Waals surface area contributed by atoms with E-state index in [0.29, 0.717) is 23.1 Å². The molecule has 0 N–H and O–H groups in total. The molecular formula is C12H9FN2O. The highest BCUT2D eigenvalue weighted by atomic mass is 19.1. The van der Waals surface area contributed by atoms with E-state index in [1.165, 1.54) is 12.4 Å². The van der Waals surface area contributed by atoms with Crippen LogP contribution in [0.4, 0.5) is 4.39 Å². The highest BCUT2D eigenvalue weighted by molar-refractivity contribution is 5.73. The van der Waals surface area contributed by atoms with Crippen molar-refractivity contribution in [2.75, 3.05) is 0 Å². The highest BCUT2D eigenvalue weighted by Gasteiger charge is 2.06. The van der Waals surface area contributed by atoms with Crippen molar-refractivity contribution in [1.29, 1.82) is 0 Å². The zero-order valence-electron chi connectivity index (χ0n) is 8.64. The van der Waals surface area contributed by atoms with E-state index in [4.69, 9.17) is 0 Å². The lowest BCUT2D eigenvalue weighted by Gasteiger charge is -2.03. The molecule has 0 saturated carbocycles. The Bertz CT molecular complexity index is 523. The molecule has 0 radical (unpaired) electrons. The van der Waals surface area contributed by atoms with Crippen molar-refractivity contribution in [3.8, 4) is 11.1 Å². The summed E-state index contributed by atoms with van der Waals surface area (Å²) in [7, 11) is 0. The average Bonchev–Trinajstić information content (AvgIpc) is 2.32. The average molecular weight is 216 g/mol. The quantitative estimate of drug-likeness (QED) is 0.724. The summed E-state index contributed by atoms with van der Waals surface area (Å²) in [5.74, 6) is -0.397. The summed E-state index contributed by atoms with van der Waals surface area (Å²) in [5.41, 5.74) is 2.14. The Hall–Kier alpha value is -2.10. The maximum Gasteiger partial charge on any atom is 0.168 e. The van der Waals surface area contributed by atoms with Gasteiger partial charge in [0.05, 0.1) is 6.20 Å². The van der Waals surface area contributed by atoms with Crippen LogP contribution in [0.3, 0.4) is 0 Å². The fraction of sp³-hybridized carbons (Fsp3) is 0.0833. The zero-order chi connectivity index (χ0) is 11.5. The number of rotatable bonds is 2. The van der Waals surface area contributed by atoms with Gasteiger partial charge in [-0.05, 0) is 19.1 Å². The summed E-state index contributed by atoms with van der Waals surface area (Å²) in [5, 5.41) is 0. The predicted molar refractivity (Wildman–Crippen MR) is 57.6 cm³/mol. The summed E-state index contributed by atoms with van der Waals surface area (Å²) < 4.78 is 13.5. The first kappa shape index (κ1) is 10.4. The third-order valence-corrected chi connectivity index (χ3v) is 2.21. The number of aryl methyl sites for hydroxylation is 1. The van der Waals surface area contributed by atoms with Gasteiger partial charge in [0.15, 0.2) is 6.29 Å². The van der Waals surface area contributed by atoms with Crippen LogP contribution in [-0.2, 0) is 0 Å². The molecule has 0 unspecified atom stereocenters. The van der Waals surface area contributed by atoms with E-state index in [1.54, 1.807) is 25.1 Å². The Morgan fingerprint density at radius 2 is 2.06 bits per heavy atom. The molecule has 0 amide bonds. The van der Waals surface area contributed by atoms with Crippen LogP contribution in [-0.4, -0.2) is 16.3 Å². The van der Waals surface area contributed by atoms with Gasteiger partial charge in [-0.25, -0.2) is 4.39 Å². The molecular weight excluding hydrogens is 207 g/mol. The van der Waals surface area contributed by atoms with Crippen molar-refractivity contribution in [3.05, 3.63) is 47.8 Å². The van der Waals surface area contributed by atoms with E-state index >= 15 is 0 Å². The summed E-state index contributed by atoms with van der Waals surface area (Å²) >= 11 is 0. The lowest BCUT2D eigenvalue weighted by Crippen LogP contribution is -1.91. The Balaban J connectivity index is 2.49. The fourth-order valence-corrected chi connectivity index (χ4v) is 1.40. The van der Waals surface area contributed by atoms with E-state index < -0.39 is 5.82 Å². The van der Waals surface area contributed by atoms with Gasteiger partial charge in [0, 0.05) is 23.0 Å². The first-order valence-electron chi connectivity index (χ1n) is 4.74. The minimum atomic E-state index is -0.397. The topological polar surface area (TPSA) is 42.9 Å².